The minimum atomic E-state index is -0.442. The summed E-state index contributed by atoms with van der Waals surface area (Å²) in [7, 11) is 0. The smallest absolute Gasteiger partial charge is 0.310 e. The Labute approximate surface area is 105 Å². The van der Waals surface area contributed by atoms with Crippen molar-refractivity contribution in [1.29, 1.82) is 5.26 Å². The lowest BCUT2D eigenvalue weighted by atomic mass is 10.0. The molecule has 0 N–H and O–H groups in total. The zero-order valence-electron chi connectivity index (χ0n) is 9.27. The van der Waals surface area contributed by atoms with Crippen molar-refractivity contribution in [2.24, 2.45) is 0 Å². The number of ether oxygens (including phenoxy) is 1. The fraction of sp³-hybridized carbons (Fsp3) is 0.250. The summed E-state index contributed by atoms with van der Waals surface area (Å²) in [6.07, 6.45) is 0.579. The van der Waals surface area contributed by atoms with Gasteiger partial charge in [0.1, 0.15) is 0 Å². The summed E-state index contributed by atoms with van der Waals surface area (Å²) in [5.74, 6) is -0.442. The third-order valence-electron chi connectivity index (χ3n) is 2.19. The highest BCUT2D eigenvalue weighted by atomic mass is 32.1. The van der Waals surface area contributed by atoms with Gasteiger partial charge in [-0.1, -0.05) is 0 Å². The average molecular weight is 249 g/mol. The first kappa shape index (κ1) is 13.3. The van der Waals surface area contributed by atoms with E-state index in [9.17, 15) is 9.59 Å². The predicted molar refractivity (Wildman–Crippen MR) is 64.1 cm³/mol. The summed E-state index contributed by atoms with van der Waals surface area (Å²) in [6, 6.07) is 4.96. The molecule has 1 aromatic carbocycles. The molecule has 0 aromatic heterocycles. The van der Waals surface area contributed by atoms with Crippen molar-refractivity contribution < 1.29 is 14.3 Å². The van der Waals surface area contributed by atoms with Crippen molar-refractivity contribution in [3.05, 3.63) is 28.8 Å². The molecule has 0 spiro atoms. The third-order valence-corrected chi connectivity index (χ3v) is 2.72. The van der Waals surface area contributed by atoms with Gasteiger partial charge in [0.05, 0.1) is 24.7 Å². The molecule has 5 heteroatoms. The Morgan fingerprint density at radius 3 is 2.82 bits per heavy atom. The fourth-order valence-corrected chi connectivity index (χ4v) is 1.72. The van der Waals surface area contributed by atoms with Crippen LogP contribution in [-0.2, 0) is 16.0 Å². The number of benzene rings is 1. The summed E-state index contributed by atoms with van der Waals surface area (Å²) in [5, 5.41) is 8.92. The van der Waals surface area contributed by atoms with Crippen molar-refractivity contribution in [1.82, 2.24) is 0 Å². The van der Waals surface area contributed by atoms with Crippen molar-refractivity contribution in [3.63, 3.8) is 0 Å². The Morgan fingerprint density at radius 1 is 1.59 bits per heavy atom. The number of aldehydes is 1. The maximum absolute atomic E-state index is 11.4. The molecule has 0 aliphatic heterocycles. The van der Waals surface area contributed by atoms with Crippen LogP contribution < -0.4 is 0 Å². The molecule has 0 aliphatic rings. The van der Waals surface area contributed by atoms with Crippen LogP contribution in [0.2, 0.25) is 0 Å². The summed E-state index contributed by atoms with van der Waals surface area (Å²) in [6.45, 7) is 1.97. The molecule has 0 fully saturated rings. The second-order valence-electron chi connectivity index (χ2n) is 3.24. The third kappa shape index (κ3) is 3.08. The van der Waals surface area contributed by atoms with Gasteiger partial charge in [-0.05, 0) is 24.6 Å². The summed E-state index contributed by atoms with van der Waals surface area (Å²) >= 11 is 4.17. The van der Waals surface area contributed by atoms with Crippen LogP contribution in [0, 0.1) is 11.3 Å². The van der Waals surface area contributed by atoms with E-state index in [0.717, 1.165) is 0 Å². The predicted octanol–water partition coefficient (Wildman–Crippen LogP) is 1.77. The number of carbonyl (C=O) groups is 2. The Kier molecular flexibility index (Phi) is 4.73. The molecular formula is C12H11NO3S. The van der Waals surface area contributed by atoms with Gasteiger partial charge in [-0.2, -0.15) is 5.26 Å². The second-order valence-corrected chi connectivity index (χ2v) is 3.69. The molecule has 0 unspecified atom stereocenters. The lowest BCUT2D eigenvalue weighted by Gasteiger charge is -2.08. The van der Waals surface area contributed by atoms with Crippen LogP contribution in [0.15, 0.2) is 17.0 Å². The molecule has 0 atom stereocenters. The largest absolute Gasteiger partial charge is 0.466 e. The Balaban J connectivity index is 3.15. The van der Waals surface area contributed by atoms with E-state index < -0.39 is 5.97 Å². The van der Waals surface area contributed by atoms with Crippen LogP contribution in [0.25, 0.3) is 0 Å². The van der Waals surface area contributed by atoms with E-state index in [2.05, 4.69) is 12.6 Å². The standard InChI is InChI=1S/C12H11NO3S/c1-2-16-11(15)5-10-8(6-13)3-4-9(7-14)12(10)17/h3-4,7,17H,2,5H2,1H3. The van der Waals surface area contributed by atoms with Crippen LogP contribution in [0.1, 0.15) is 28.4 Å². The molecule has 0 saturated carbocycles. The number of hydrogen-bond donors (Lipinski definition) is 1. The highest BCUT2D eigenvalue weighted by Gasteiger charge is 2.14. The first-order valence-corrected chi connectivity index (χ1v) is 5.44. The molecule has 88 valence electrons. The maximum atomic E-state index is 11.4. The zero-order valence-corrected chi connectivity index (χ0v) is 10.2. The van der Waals surface area contributed by atoms with Gasteiger partial charge in [0, 0.05) is 10.5 Å². The Bertz CT molecular complexity index is 491. The van der Waals surface area contributed by atoms with Crippen molar-refractivity contribution in [2.75, 3.05) is 6.61 Å². The summed E-state index contributed by atoms with van der Waals surface area (Å²) in [5.41, 5.74) is 1.11. The topological polar surface area (TPSA) is 67.2 Å². The first-order valence-electron chi connectivity index (χ1n) is 4.99. The van der Waals surface area contributed by atoms with Gasteiger partial charge in [-0.15, -0.1) is 12.6 Å². The Hall–Kier alpha value is -1.80. The molecule has 0 saturated heterocycles. The summed E-state index contributed by atoms with van der Waals surface area (Å²) < 4.78 is 4.80. The average Bonchev–Trinajstić information content (AvgIpc) is 2.32. The minimum absolute atomic E-state index is 0.0583. The van der Waals surface area contributed by atoms with Crippen LogP contribution in [0.5, 0.6) is 0 Å². The van der Waals surface area contributed by atoms with Gasteiger partial charge in [-0.25, -0.2) is 0 Å². The second kappa shape index (κ2) is 6.06. The van der Waals surface area contributed by atoms with Crippen molar-refractivity contribution in [2.45, 2.75) is 18.2 Å². The van der Waals surface area contributed by atoms with E-state index in [1.807, 2.05) is 6.07 Å². The molecule has 4 nitrogen and oxygen atoms in total. The van der Waals surface area contributed by atoms with Crippen LogP contribution in [-0.4, -0.2) is 18.9 Å². The van der Waals surface area contributed by atoms with Crippen LogP contribution in [0.4, 0.5) is 0 Å². The van der Waals surface area contributed by atoms with E-state index in [-0.39, 0.29) is 13.0 Å². The number of esters is 1. The van der Waals surface area contributed by atoms with Crippen molar-refractivity contribution in [3.8, 4) is 6.07 Å². The molecule has 1 aromatic rings. The molecule has 0 aliphatic carbocycles. The van der Waals surface area contributed by atoms with Crippen LogP contribution >= 0.6 is 12.6 Å². The first-order chi connectivity index (χ1) is 8.13. The quantitative estimate of drug-likeness (QED) is 0.501. The number of nitriles is 1. The van der Waals surface area contributed by atoms with E-state index in [1.165, 1.54) is 12.1 Å². The molecule has 17 heavy (non-hydrogen) atoms. The fourth-order valence-electron chi connectivity index (χ4n) is 1.39. The number of nitrogens with zero attached hydrogens (tertiary/aromatic N) is 1. The van der Waals surface area contributed by atoms with Gasteiger partial charge in [0.25, 0.3) is 0 Å². The van der Waals surface area contributed by atoms with Gasteiger partial charge in [0.15, 0.2) is 6.29 Å². The Morgan fingerprint density at radius 2 is 2.29 bits per heavy atom. The van der Waals surface area contributed by atoms with E-state index in [1.54, 1.807) is 6.92 Å². The zero-order chi connectivity index (χ0) is 12.8. The molecule has 0 radical (unpaired) electrons. The molecule has 0 bridgehead atoms. The molecule has 0 heterocycles. The lowest BCUT2D eigenvalue weighted by molar-refractivity contribution is -0.142. The molecular weight excluding hydrogens is 238 g/mol. The summed E-state index contributed by atoms with van der Waals surface area (Å²) in [4.78, 5) is 22.5. The normalized spacial score (nSPS) is 9.47. The van der Waals surface area contributed by atoms with Gasteiger partial charge in [-0.3, -0.25) is 9.59 Å². The van der Waals surface area contributed by atoms with E-state index in [4.69, 9.17) is 10.00 Å². The number of carbonyl (C=O) groups excluding carboxylic acids is 2. The number of rotatable bonds is 4. The van der Waals surface area contributed by atoms with Crippen molar-refractivity contribution >= 4 is 24.9 Å². The number of hydrogen-bond acceptors (Lipinski definition) is 5. The monoisotopic (exact) mass is 249 g/mol. The minimum Gasteiger partial charge on any atom is -0.466 e. The highest BCUT2D eigenvalue weighted by Crippen LogP contribution is 2.22. The van der Waals surface area contributed by atoms with Gasteiger partial charge >= 0.3 is 5.97 Å². The van der Waals surface area contributed by atoms with Gasteiger partial charge in [0.2, 0.25) is 0 Å². The van der Waals surface area contributed by atoms with E-state index >= 15 is 0 Å². The highest BCUT2D eigenvalue weighted by molar-refractivity contribution is 7.80. The SMILES string of the molecule is CCOC(=O)Cc1c(C#N)ccc(C=O)c1S. The molecule has 0 amide bonds. The maximum Gasteiger partial charge on any atom is 0.310 e. The van der Waals surface area contributed by atoms with Crippen LogP contribution in [0.3, 0.4) is 0 Å². The number of thiol groups is 1. The van der Waals surface area contributed by atoms with Gasteiger partial charge < -0.3 is 4.74 Å². The lowest BCUT2D eigenvalue weighted by Crippen LogP contribution is -2.10. The van der Waals surface area contributed by atoms with E-state index in [0.29, 0.717) is 27.9 Å². The molecule has 1 rings (SSSR count).